The Morgan fingerprint density at radius 1 is 1.09 bits per heavy atom. The molecule has 1 aromatic carbocycles. The number of benzene rings is 1. The number of pyridine rings is 1. The first-order valence-corrected chi connectivity index (χ1v) is 13.4. The lowest BCUT2D eigenvalue weighted by molar-refractivity contribution is -0.140. The molecule has 6 rings (SSSR count). The Labute approximate surface area is 212 Å². The van der Waals surface area contributed by atoms with Gasteiger partial charge in [0.15, 0.2) is 0 Å². The molecule has 8 heteroatoms. The number of carbonyl (C=O) groups excluding carboxylic acids is 2. The Hall–Kier alpha value is -2.51. The van der Waals surface area contributed by atoms with Gasteiger partial charge in [-0.1, -0.05) is 18.0 Å². The summed E-state index contributed by atoms with van der Waals surface area (Å²) in [5.41, 5.74) is 3.34. The second-order valence-electron chi connectivity index (χ2n) is 9.89. The van der Waals surface area contributed by atoms with Gasteiger partial charge in [-0.25, -0.2) is 4.39 Å². The van der Waals surface area contributed by atoms with E-state index in [0.717, 1.165) is 57.5 Å². The zero-order valence-corrected chi connectivity index (χ0v) is 21.0. The summed E-state index contributed by atoms with van der Waals surface area (Å²) in [4.78, 5) is 32.6. The maximum Gasteiger partial charge on any atom is 0.233 e. The molecule has 2 saturated carbocycles. The first-order valence-electron chi connectivity index (χ1n) is 12.2. The quantitative estimate of drug-likeness (QED) is 0.367. The molecule has 2 amide bonds. The van der Waals surface area contributed by atoms with Crippen LogP contribution in [0.3, 0.4) is 0 Å². The van der Waals surface area contributed by atoms with Crippen LogP contribution < -0.4 is 4.74 Å². The number of ether oxygens (including phenoxy) is 1. The van der Waals surface area contributed by atoms with Gasteiger partial charge in [-0.05, 0) is 68.9 Å². The SMILES string of the molecule is Cc1cc(Cl)cc(-c2ccnc3cc(CN4C(=O)C5CCCC5C4=O)sc23)c1O[C@@H]1CCC[C@@H]1F. The van der Waals surface area contributed by atoms with Gasteiger partial charge in [0, 0.05) is 27.2 Å². The molecule has 1 saturated heterocycles. The molecule has 0 radical (unpaired) electrons. The van der Waals surface area contributed by atoms with Gasteiger partial charge in [0.05, 0.1) is 28.6 Å². The summed E-state index contributed by atoms with van der Waals surface area (Å²) in [6, 6.07) is 7.56. The second kappa shape index (κ2) is 8.86. The second-order valence-corrected chi connectivity index (χ2v) is 11.5. The van der Waals surface area contributed by atoms with Crippen molar-refractivity contribution in [3.63, 3.8) is 0 Å². The molecule has 2 unspecified atom stereocenters. The van der Waals surface area contributed by atoms with Gasteiger partial charge in [0.25, 0.3) is 0 Å². The standard InChI is InChI=1S/C27H26ClFN2O3S/c1-14-10-15(28)11-20(24(14)34-23-7-3-6-21(23)29)17-8-9-30-22-12-16(35-25(17)22)13-31-26(32)18-4-2-5-19(18)27(31)33/h8-12,18-19,21,23H,2-7,13H2,1H3/t18?,19?,21-,23+/m0/s1. The van der Waals surface area contributed by atoms with E-state index in [-0.39, 0.29) is 30.2 Å². The molecule has 3 heterocycles. The summed E-state index contributed by atoms with van der Waals surface area (Å²) >= 11 is 7.96. The van der Waals surface area contributed by atoms with Crippen LogP contribution >= 0.6 is 22.9 Å². The van der Waals surface area contributed by atoms with E-state index in [9.17, 15) is 14.0 Å². The van der Waals surface area contributed by atoms with Gasteiger partial charge < -0.3 is 4.74 Å². The Morgan fingerprint density at radius 2 is 1.83 bits per heavy atom. The molecule has 0 bridgehead atoms. The number of imide groups is 1. The number of hydrogen-bond donors (Lipinski definition) is 0. The molecule has 3 aromatic rings. The number of nitrogens with zero attached hydrogens (tertiary/aromatic N) is 2. The third kappa shape index (κ3) is 3.93. The number of carbonyl (C=O) groups is 2. The molecule has 35 heavy (non-hydrogen) atoms. The number of aromatic nitrogens is 1. The highest BCUT2D eigenvalue weighted by Crippen LogP contribution is 2.44. The van der Waals surface area contributed by atoms with E-state index in [1.165, 1.54) is 16.2 Å². The maximum atomic E-state index is 14.4. The van der Waals surface area contributed by atoms with Crippen molar-refractivity contribution in [2.24, 2.45) is 11.8 Å². The number of fused-ring (bicyclic) bond motifs is 2. The molecular weight excluding hydrogens is 487 g/mol. The van der Waals surface area contributed by atoms with Crippen molar-refractivity contribution in [2.45, 2.75) is 64.3 Å². The van der Waals surface area contributed by atoms with Crippen LogP contribution in [-0.2, 0) is 16.1 Å². The van der Waals surface area contributed by atoms with E-state index in [1.54, 1.807) is 6.20 Å². The number of halogens is 2. The van der Waals surface area contributed by atoms with E-state index in [1.807, 2.05) is 31.2 Å². The van der Waals surface area contributed by atoms with Crippen molar-refractivity contribution < 1.29 is 18.7 Å². The number of rotatable bonds is 5. The summed E-state index contributed by atoms with van der Waals surface area (Å²) in [5.74, 6) is 0.275. The highest BCUT2D eigenvalue weighted by atomic mass is 35.5. The van der Waals surface area contributed by atoms with Crippen molar-refractivity contribution >= 4 is 45.0 Å². The van der Waals surface area contributed by atoms with E-state index >= 15 is 0 Å². The summed E-state index contributed by atoms with van der Waals surface area (Å²) < 4.78 is 21.6. The fourth-order valence-electron chi connectivity index (χ4n) is 5.90. The lowest BCUT2D eigenvalue weighted by atomic mass is 10.00. The molecule has 182 valence electrons. The van der Waals surface area contributed by atoms with Gasteiger partial charge >= 0.3 is 0 Å². The summed E-state index contributed by atoms with van der Waals surface area (Å²) in [6.07, 6.45) is 4.89. The minimum Gasteiger partial charge on any atom is -0.486 e. The van der Waals surface area contributed by atoms with Crippen LogP contribution in [0.5, 0.6) is 5.75 Å². The fraction of sp³-hybridized carbons (Fsp3) is 0.444. The normalized spacial score (nSPS) is 26.2. The molecular formula is C27H26ClFN2O3S. The number of likely N-dealkylation sites (tertiary alicyclic amines) is 1. The van der Waals surface area contributed by atoms with E-state index in [2.05, 4.69) is 4.98 Å². The van der Waals surface area contributed by atoms with Crippen molar-refractivity contribution in [1.82, 2.24) is 9.88 Å². The van der Waals surface area contributed by atoms with E-state index in [4.69, 9.17) is 16.3 Å². The predicted molar refractivity (Wildman–Crippen MR) is 134 cm³/mol. The lowest BCUT2D eigenvalue weighted by Crippen LogP contribution is -2.30. The van der Waals surface area contributed by atoms with Gasteiger partial charge in [-0.15, -0.1) is 11.3 Å². The maximum absolute atomic E-state index is 14.4. The zero-order valence-electron chi connectivity index (χ0n) is 19.4. The van der Waals surface area contributed by atoms with Crippen LogP contribution in [0, 0.1) is 18.8 Å². The van der Waals surface area contributed by atoms with Gasteiger partial charge in [0.2, 0.25) is 11.8 Å². The first-order chi connectivity index (χ1) is 16.9. The number of alkyl halides is 1. The largest absolute Gasteiger partial charge is 0.486 e. The van der Waals surface area contributed by atoms with Crippen LogP contribution in [0.25, 0.3) is 21.3 Å². The van der Waals surface area contributed by atoms with Crippen LogP contribution in [-0.4, -0.2) is 34.0 Å². The molecule has 2 aliphatic carbocycles. The zero-order chi connectivity index (χ0) is 24.3. The van der Waals surface area contributed by atoms with Crippen LogP contribution in [0.4, 0.5) is 4.39 Å². The van der Waals surface area contributed by atoms with Gasteiger partial charge in [-0.2, -0.15) is 0 Å². The van der Waals surface area contributed by atoms with Gasteiger partial charge in [-0.3, -0.25) is 19.5 Å². The minimum atomic E-state index is -0.973. The van der Waals surface area contributed by atoms with E-state index in [0.29, 0.717) is 23.6 Å². The Morgan fingerprint density at radius 3 is 2.54 bits per heavy atom. The predicted octanol–water partition coefficient (Wildman–Crippen LogP) is 6.48. The molecule has 5 nitrogen and oxygen atoms in total. The minimum absolute atomic E-state index is 0.0402. The lowest BCUT2D eigenvalue weighted by Gasteiger charge is -2.21. The average Bonchev–Trinajstić information content (AvgIpc) is 3.60. The summed E-state index contributed by atoms with van der Waals surface area (Å²) in [5, 5.41) is 0.578. The molecule has 3 fully saturated rings. The third-order valence-electron chi connectivity index (χ3n) is 7.63. The molecule has 0 N–H and O–H groups in total. The van der Waals surface area contributed by atoms with Crippen LogP contribution in [0.15, 0.2) is 30.5 Å². The first kappa shape index (κ1) is 22.9. The number of aryl methyl sites for hydroxylation is 1. The third-order valence-corrected chi connectivity index (χ3v) is 8.99. The van der Waals surface area contributed by atoms with Crippen LogP contribution in [0.1, 0.15) is 49.0 Å². The summed E-state index contributed by atoms with van der Waals surface area (Å²) in [7, 11) is 0. The Balaban J connectivity index is 1.37. The molecule has 0 spiro atoms. The fourth-order valence-corrected chi connectivity index (χ4v) is 7.30. The van der Waals surface area contributed by atoms with E-state index < -0.39 is 12.3 Å². The molecule has 1 aliphatic heterocycles. The average molecular weight is 513 g/mol. The number of hydrogen-bond acceptors (Lipinski definition) is 5. The molecule has 3 aliphatic rings. The van der Waals surface area contributed by atoms with Gasteiger partial charge in [0.1, 0.15) is 18.0 Å². The summed E-state index contributed by atoms with van der Waals surface area (Å²) in [6.45, 7) is 2.20. The Kier molecular flexibility index (Phi) is 5.80. The van der Waals surface area contributed by atoms with Crippen molar-refractivity contribution in [3.8, 4) is 16.9 Å². The highest BCUT2D eigenvalue weighted by Gasteiger charge is 2.49. The van der Waals surface area contributed by atoms with Crippen molar-refractivity contribution in [2.75, 3.05) is 0 Å². The number of thiophene rings is 1. The highest BCUT2D eigenvalue weighted by molar-refractivity contribution is 7.19. The van der Waals surface area contributed by atoms with Crippen molar-refractivity contribution in [3.05, 3.63) is 45.9 Å². The Bertz CT molecular complexity index is 1320. The van der Waals surface area contributed by atoms with Crippen molar-refractivity contribution in [1.29, 1.82) is 0 Å². The molecule has 4 atom stereocenters. The molecule has 2 aromatic heterocycles. The monoisotopic (exact) mass is 512 g/mol. The topological polar surface area (TPSA) is 59.5 Å². The number of amides is 2. The smallest absolute Gasteiger partial charge is 0.233 e. The van der Waals surface area contributed by atoms with Crippen LogP contribution in [0.2, 0.25) is 5.02 Å².